The van der Waals surface area contributed by atoms with Crippen molar-refractivity contribution < 1.29 is 23.1 Å². The van der Waals surface area contributed by atoms with Crippen molar-refractivity contribution in [3.63, 3.8) is 0 Å². The molecule has 0 aromatic rings. The summed E-state index contributed by atoms with van der Waals surface area (Å²) in [5.41, 5.74) is 4.74. The Morgan fingerprint density at radius 2 is 2.25 bits per heavy atom. The second-order valence-electron chi connectivity index (χ2n) is 3.68. The minimum Gasteiger partial charge on any atom is -0.480 e. The highest BCUT2D eigenvalue weighted by atomic mass is 19.4. The van der Waals surface area contributed by atoms with E-state index in [1.165, 1.54) is 0 Å². The number of carboxylic acids is 1. The third-order valence-electron chi connectivity index (χ3n) is 2.43. The topological polar surface area (TPSA) is 66.6 Å². The largest absolute Gasteiger partial charge is 0.480 e. The van der Waals surface area contributed by atoms with Gasteiger partial charge in [-0.25, -0.2) is 0 Å². The Bertz CT molecular complexity index is 302. The first-order valence-electron chi connectivity index (χ1n) is 4.77. The number of nitrogens with two attached hydrogens (primary N) is 1. The molecule has 1 rings (SSSR count). The van der Waals surface area contributed by atoms with Crippen LogP contribution in [0.1, 0.15) is 6.42 Å². The summed E-state index contributed by atoms with van der Waals surface area (Å²) >= 11 is 0. The van der Waals surface area contributed by atoms with Crippen molar-refractivity contribution >= 4 is 5.97 Å². The first kappa shape index (κ1) is 13.0. The van der Waals surface area contributed by atoms with Crippen LogP contribution in [0.5, 0.6) is 0 Å². The zero-order chi connectivity index (χ0) is 12.3. The van der Waals surface area contributed by atoms with Crippen molar-refractivity contribution in [2.24, 2.45) is 5.73 Å². The van der Waals surface area contributed by atoms with E-state index in [9.17, 15) is 18.0 Å². The molecule has 7 heteroatoms. The summed E-state index contributed by atoms with van der Waals surface area (Å²) in [7, 11) is 0. The molecule has 0 aromatic carbocycles. The average Bonchev–Trinajstić information content (AvgIpc) is 2.17. The number of rotatable bonds is 3. The summed E-state index contributed by atoms with van der Waals surface area (Å²) in [5.74, 6) is -1.15. The van der Waals surface area contributed by atoms with Crippen LogP contribution in [0.3, 0.4) is 0 Å². The van der Waals surface area contributed by atoms with Crippen LogP contribution in [0.4, 0.5) is 13.2 Å². The molecule has 1 aliphatic heterocycles. The lowest BCUT2D eigenvalue weighted by molar-refractivity contribution is -0.139. The predicted octanol–water partition coefficient (Wildman–Crippen LogP) is 0.593. The van der Waals surface area contributed by atoms with Crippen molar-refractivity contribution in [3.05, 3.63) is 11.6 Å². The van der Waals surface area contributed by atoms with E-state index in [1.54, 1.807) is 4.90 Å². The lowest BCUT2D eigenvalue weighted by Gasteiger charge is -2.28. The molecule has 0 amide bonds. The smallest absolute Gasteiger partial charge is 0.412 e. The van der Waals surface area contributed by atoms with E-state index in [0.29, 0.717) is 0 Å². The van der Waals surface area contributed by atoms with Crippen LogP contribution >= 0.6 is 0 Å². The molecule has 16 heavy (non-hydrogen) atoms. The van der Waals surface area contributed by atoms with Crippen LogP contribution in [0, 0.1) is 0 Å². The van der Waals surface area contributed by atoms with Crippen LogP contribution < -0.4 is 5.73 Å². The Kier molecular flexibility index (Phi) is 3.93. The molecule has 92 valence electrons. The van der Waals surface area contributed by atoms with Crippen molar-refractivity contribution in [2.75, 3.05) is 19.6 Å². The predicted molar refractivity (Wildman–Crippen MR) is 50.8 cm³/mol. The highest BCUT2D eigenvalue weighted by molar-refractivity contribution is 5.73. The standard InChI is InChI=1S/C9H13F3N2O2/c10-9(11,12)6-1-3-14(4-2-6)5-7(13)8(15)16/h1,7H,2-5,13H2,(H,15,16). The van der Waals surface area contributed by atoms with Gasteiger partial charge in [-0.3, -0.25) is 9.69 Å². The minimum absolute atomic E-state index is 0.0664. The number of halogens is 3. The van der Waals surface area contributed by atoms with E-state index in [-0.39, 0.29) is 26.1 Å². The first-order valence-corrected chi connectivity index (χ1v) is 4.77. The molecule has 0 bridgehead atoms. The second kappa shape index (κ2) is 4.84. The molecular formula is C9H13F3N2O2. The number of hydrogen-bond donors (Lipinski definition) is 2. The fraction of sp³-hybridized carbons (Fsp3) is 0.667. The molecule has 0 fully saturated rings. The van der Waals surface area contributed by atoms with Gasteiger partial charge < -0.3 is 10.8 Å². The lowest BCUT2D eigenvalue weighted by Crippen LogP contribution is -2.44. The van der Waals surface area contributed by atoms with Crippen LogP contribution in [0.15, 0.2) is 11.6 Å². The zero-order valence-corrected chi connectivity index (χ0v) is 8.50. The van der Waals surface area contributed by atoms with Crippen LogP contribution in [-0.4, -0.2) is 47.8 Å². The van der Waals surface area contributed by atoms with Gasteiger partial charge in [0, 0.05) is 25.2 Å². The number of nitrogens with zero attached hydrogens (tertiary/aromatic N) is 1. The van der Waals surface area contributed by atoms with Gasteiger partial charge in [0.1, 0.15) is 6.04 Å². The van der Waals surface area contributed by atoms with E-state index < -0.39 is 23.8 Å². The summed E-state index contributed by atoms with van der Waals surface area (Å²) in [6.45, 7) is 0.346. The van der Waals surface area contributed by atoms with Gasteiger partial charge in [0.25, 0.3) is 0 Å². The van der Waals surface area contributed by atoms with Gasteiger partial charge in [0.2, 0.25) is 0 Å². The third-order valence-corrected chi connectivity index (χ3v) is 2.43. The number of carbonyl (C=O) groups is 1. The third kappa shape index (κ3) is 3.49. The van der Waals surface area contributed by atoms with Crippen molar-refractivity contribution in [3.8, 4) is 0 Å². The van der Waals surface area contributed by atoms with E-state index in [0.717, 1.165) is 6.08 Å². The summed E-state index contributed by atoms with van der Waals surface area (Å²) < 4.78 is 36.8. The Balaban J connectivity index is 2.49. The molecule has 0 spiro atoms. The summed E-state index contributed by atoms with van der Waals surface area (Å²) in [6.07, 6.45) is -3.31. The quantitative estimate of drug-likeness (QED) is 0.706. The fourth-order valence-corrected chi connectivity index (χ4v) is 1.49. The van der Waals surface area contributed by atoms with Gasteiger partial charge in [-0.05, 0) is 6.42 Å². The number of carboxylic acid groups (broad SMARTS) is 1. The molecule has 0 aliphatic carbocycles. The van der Waals surface area contributed by atoms with Gasteiger partial charge in [0.15, 0.2) is 0 Å². The van der Waals surface area contributed by atoms with Gasteiger partial charge in [-0.2, -0.15) is 13.2 Å². The average molecular weight is 238 g/mol. The van der Waals surface area contributed by atoms with E-state index in [2.05, 4.69) is 0 Å². The second-order valence-corrected chi connectivity index (χ2v) is 3.68. The molecule has 1 atom stereocenters. The maximum absolute atomic E-state index is 12.3. The first-order chi connectivity index (χ1) is 7.30. The maximum Gasteiger partial charge on any atom is 0.412 e. The molecular weight excluding hydrogens is 225 g/mol. The number of hydrogen-bond acceptors (Lipinski definition) is 3. The SMILES string of the molecule is NC(CN1CC=C(C(F)(F)F)CC1)C(=O)O. The molecule has 0 radical (unpaired) electrons. The van der Waals surface area contributed by atoms with Crippen LogP contribution in [-0.2, 0) is 4.79 Å². The monoisotopic (exact) mass is 238 g/mol. The number of aliphatic carboxylic acids is 1. The van der Waals surface area contributed by atoms with Crippen molar-refractivity contribution in [1.29, 1.82) is 0 Å². The highest BCUT2D eigenvalue weighted by Gasteiger charge is 2.35. The van der Waals surface area contributed by atoms with Gasteiger partial charge >= 0.3 is 12.1 Å². The molecule has 0 saturated heterocycles. The Hall–Kier alpha value is -1.08. The summed E-state index contributed by atoms with van der Waals surface area (Å²) in [5, 5.41) is 8.55. The molecule has 1 heterocycles. The van der Waals surface area contributed by atoms with Crippen LogP contribution in [0.2, 0.25) is 0 Å². The van der Waals surface area contributed by atoms with E-state index in [1.807, 2.05) is 0 Å². The molecule has 4 nitrogen and oxygen atoms in total. The Morgan fingerprint density at radius 1 is 1.62 bits per heavy atom. The Morgan fingerprint density at radius 3 is 2.62 bits per heavy atom. The lowest BCUT2D eigenvalue weighted by atomic mass is 10.1. The zero-order valence-electron chi connectivity index (χ0n) is 8.50. The fourth-order valence-electron chi connectivity index (χ4n) is 1.49. The van der Waals surface area contributed by atoms with Crippen molar-refractivity contribution in [2.45, 2.75) is 18.6 Å². The van der Waals surface area contributed by atoms with Gasteiger partial charge in [-0.15, -0.1) is 0 Å². The van der Waals surface area contributed by atoms with E-state index >= 15 is 0 Å². The Labute approximate surface area is 90.5 Å². The molecule has 0 saturated carbocycles. The molecule has 3 N–H and O–H groups in total. The molecule has 1 unspecified atom stereocenters. The summed E-state index contributed by atoms with van der Waals surface area (Å²) in [6, 6.07) is -1.05. The highest BCUT2D eigenvalue weighted by Crippen LogP contribution is 2.29. The number of alkyl halides is 3. The van der Waals surface area contributed by atoms with E-state index in [4.69, 9.17) is 10.8 Å². The molecule has 0 aromatic heterocycles. The minimum atomic E-state index is -4.28. The molecule has 1 aliphatic rings. The summed E-state index contributed by atoms with van der Waals surface area (Å²) in [4.78, 5) is 12.0. The van der Waals surface area contributed by atoms with Crippen LogP contribution in [0.25, 0.3) is 0 Å². The van der Waals surface area contributed by atoms with Gasteiger partial charge in [-0.1, -0.05) is 6.08 Å². The van der Waals surface area contributed by atoms with Gasteiger partial charge in [0.05, 0.1) is 0 Å². The normalized spacial score (nSPS) is 20.4. The maximum atomic E-state index is 12.3. The van der Waals surface area contributed by atoms with Crippen molar-refractivity contribution in [1.82, 2.24) is 4.90 Å².